The van der Waals surface area contributed by atoms with Gasteiger partial charge < -0.3 is 67.2 Å². The molecule has 0 unspecified atom stereocenters. The lowest BCUT2D eigenvalue weighted by Crippen LogP contribution is -2.58. The Balaban J connectivity index is 0.883. The molecular weight excluding hydrogens is 909 g/mol. The molecule has 3 N–H and O–H groups in total. The van der Waals surface area contributed by atoms with E-state index in [9.17, 15) is 19.8 Å². The minimum atomic E-state index is -0.975. The Labute approximate surface area is 414 Å². The molecule has 8 fully saturated rings. The number of aliphatic hydroxyl groups excluding tert-OH is 2. The fraction of sp³-hybridized carbons (Fsp3) is 0.885. The molecule has 8 aliphatic heterocycles. The van der Waals surface area contributed by atoms with E-state index in [0.717, 1.165) is 36.8 Å². The highest BCUT2D eigenvalue weighted by molar-refractivity contribution is 5.79. The third-order valence-electron chi connectivity index (χ3n) is 15.7. The number of carbonyl (C=O) groups excluding carboxylic acids is 2. The molecule has 10 bridgehead atoms. The number of hydrogen-bond acceptors (Lipinski definition) is 17. The monoisotopic (exact) mass is 993 g/mol. The first-order chi connectivity index (χ1) is 33.4. The second kappa shape index (κ2) is 24.0. The Morgan fingerprint density at radius 1 is 0.829 bits per heavy atom. The van der Waals surface area contributed by atoms with Crippen molar-refractivity contribution >= 4 is 11.9 Å². The molecule has 18 nitrogen and oxygen atoms in total. The Kier molecular flexibility index (Phi) is 18.6. The third kappa shape index (κ3) is 14.0. The normalized spacial score (nSPS) is 40.7. The molecule has 1 amide bonds. The van der Waals surface area contributed by atoms with Crippen molar-refractivity contribution in [2.24, 2.45) is 11.8 Å². The van der Waals surface area contributed by atoms with Crippen LogP contribution in [0, 0.1) is 11.8 Å². The fourth-order valence-corrected chi connectivity index (χ4v) is 12.3. The number of carbonyl (C=O) groups is 2. The summed E-state index contributed by atoms with van der Waals surface area (Å²) >= 11 is 0. The summed E-state index contributed by atoms with van der Waals surface area (Å²) in [5.74, 6) is -0.956. The summed E-state index contributed by atoms with van der Waals surface area (Å²) in [6.45, 7) is 19.1. The molecule has 0 radical (unpaired) electrons. The zero-order valence-electron chi connectivity index (χ0n) is 42.6. The van der Waals surface area contributed by atoms with Crippen molar-refractivity contribution in [3.8, 4) is 0 Å². The van der Waals surface area contributed by atoms with Crippen LogP contribution in [-0.2, 0) is 61.7 Å². The number of nitrogens with one attached hydrogen (secondary N) is 1. The van der Waals surface area contributed by atoms with E-state index >= 15 is 0 Å². The van der Waals surface area contributed by atoms with E-state index in [1.54, 1.807) is 27.9 Å². The van der Waals surface area contributed by atoms with E-state index in [1.165, 1.54) is 0 Å². The zero-order valence-corrected chi connectivity index (χ0v) is 42.6. The number of methoxy groups -OCH3 is 1. The minimum absolute atomic E-state index is 0.0111. The summed E-state index contributed by atoms with van der Waals surface area (Å²) < 4.78 is 70.1. The molecule has 0 aromatic heterocycles. The smallest absolute Gasteiger partial charge is 0.431 e. The van der Waals surface area contributed by atoms with Crippen molar-refractivity contribution in [1.29, 1.82) is 0 Å². The number of hydrogen-bond donors (Lipinski definition) is 3. The van der Waals surface area contributed by atoms with Gasteiger partial charge in [0.1, 0.15) is 23.6 Å². The van der Waals surface area contributed by atoms with Gasteiger partial charge in [0.15, 0.2) is 5.79 Å². The highest BCUT2D eigenvalue weighted by atomic mass is 16.7. The Morgan fingerprint density at radius 2 is 1.57 bits per heavy atom. The molecule has 8 saturated heterocycles. The second-order valence-electron chi connectivity index (χ2n) is 22.4. The topological polar surface area (TPSA) is 201 Å². The minimum Gasteiger partial charge on any atom is -0.442 e. The lowest BCUT2D eigenvalue weighted by molar-refractivity contribution is -0.277. The highest BCUT2D eigenvalue weighted by Crippen LogP contribution is 2.49. The van der Waals surface area contributed by atoms with Crippen molar-refractivity contribution < 1.29 is 76.7 Å². The van der Waals surface area contributed by atoms with E-state index in [0.29, 0.717) is 84.3 Å². The molecule has 8 heterocycles. The van der Waals surface area contributed by atoms with Crippen LogP contribution < -0.4 is 5.48 Å². The van der Waals surface area contributed by atoms with Gasteiger partial charge in [-0.1, -0.05) is 20.1 Å². The van der Waals surface area contributed by atoms with Gasteiger partial charge in [0, 0.05) is 71.1 Å². The molecule has 398 valence electrons. The fourth-order valence-electron chi connectivity index (χ4n) is 12.3. The number of ether oxygens (including phenoxy) is 11. The number of likely N-dealkylation sites (N-methyl/N-ethyl adjacent to an activating group) is 1. The van der Waals surface area contributed by atoms with Crippen LogP contribution in [0.1, 0.15) is 118 Å². The van der Waals surface area contributed by atoms with Crippen LogP contribution in [0.3, 0.4) is 0 Å². The average molecular weight is 993 g/mol. The SMILES string of the molecule is C=C1C[C@@H]2CC[C@]34C[C@@H](O)[C@H](O3)[C@H]3C[C@@H](O4)[C@H]4O[C@H](CC[C@@H]4O3)CC(=O)C[C@@H]3[C@@H](OC)[C@@H](C[C@H](O)CN(C)CCOCCOCCONC(=O)OC(C)(C)C)O[C@H]3C[C@H]3O[C@@H](CC[C@@H]1O2)C[C@@H](C)C3=C. The first-order valence-electron chi connectivity index (χ1n) is 26.3. The molecule has 70 heavy (non-hydrogen) atoms. The maximum absolute atomic E-state index is 14.4. The van der Waals surface area contributed by atoms with E-state index < -0.39 is 48.0 Å². The average Bonchev–Trinajstić information content (AvgIpc) is 3.90. The molecule has 1 spiro atoms. The highest BCUT2D eigenvalue weighted by Gasteiger charge is 2.59. The standard InChI is InChI=1S/C52H84N2O16/c1-30-21-35-9-11-40-31(2)22-37(63-40)13-14-52-28-39(57)48(69-52)45-27-46(68-52)49-41(66-45)12-10-36(65-49)23-33(55)24-38-43(26-42(64-35)32(30)3)67-44(47(38)59-8)25-34(56)29-54(7)15-16-60-17-18-61-19-20-62-53-50(58)70-51(4,5)6/h30,34-49,56-57H,2-3,9-29H2,1,4-8H3,(H,53,58)/t30-,34+,35+,36-,37+,38+,39-,40+,41+,42-,43+,44-,45-,46-,47-,48+,49+,52-/m1/s1. The lowest BCUT2D eigenvalue weighted by atomic mass is 9.81. The van der Waals surface area contributed by atoms with Crippen molar-refractivity contribution in [3.05, 3.63) is 24.3 Å². The largest absolute Gasteiger partial charge is 0.442 e. The molecule has 18 heteroatoms. The van der Waals surface area contributed by atoms with Gasteiger partial charge in [-0.2, -0.15) is 5.48 Å². The van der Waals surface area contributed by atoms with Gasteiger partial charge in [0.25, 0.3) is 0 Å². The maximum Gasteiger partial charge on any atom is 0.431 e. The van der Waals surface area contributed by atoms with Gasteiger partial charge in [-0.05, 0) is 89.8 Å². The van der Waals surface area contributed by atoms with E-state index in [-0.39, 0.29) is 105 Å². The van der Waals surface area contributed by atoms with Gasteiger partial charge in [-0.25, -0.2) is 4.79 Å². The van der Waals surface area contributed by atoms with Crippen molar-refractivity contribution in [2.45, 2.75) is 221 Å². The van der Waals surface area contributed by atoms with E-state index in [1.807, 2.05) is 11.9 Å². The summed E-state index contributed by atoms with van der Waals surface area (Å²) in [5.41, 5.74) is 3.74. The van der Waals surface area contributed by atoms with Crippen LogP contribution in [0.5, 0.6) is 0 Å². The molecule has 0 aliphatic carbocycles. The molecule has 8 rings (SSSR count). The third-order valence-corrected chi connectivity index (χ3v) is 15.7. The van der Waals surface area contributed by atoms with Crippen LogP contribution >= 0.6 is 0 Å². The molecular formula is C52H84N2O16. The van der Waals surface area contributed by atoms with E-state index in [4.69, 9.17) is 56.9 Å². The van der Waals surface area contributed by atoms with Gasteiger partial charge in [0.2, 0.25) is 0 Å². The number of nitrogens with zero attached hydrogens (tertiary/aromatic N) is 1. The summed E-state index contributed by atoms with van der Waals surface area (Å²) in [7, 11) is 3.60. The Hall–Kier alpha value is -2.14. The zero-order chi connectivity index (χ0) is 49.7. The summed E-state index contributed by atoms with van der Waals surface area (Å²) in [6.07, 6.45) is 2.42. The summed E-state index contributed by atoms with van der Waals surface area (Å²) in [4.78, 5) is 33.1. The number of fused-ring (bicyclic) bond motifs is 9. The first kappa shape index (κ1) is 54.1. The van der Waals surface area contributed by atoms with Crippen molar-refractivity contribution in [3.63, 3.8) is 0 Å². The molecule has 8 aliphatic rings. The van der Waals surface area contributed by atoms with Gasteiger partial charge in [-0.3, -0.25) is 9.63 Å². The lowest BCUT2D eigenvalue weighted by Gasteiger charge is -2.47. The van der Waals surface area contributed by atoms with Crippen molar-refractivity contribution in [1.82, 2.24) is 10.4 Å². The van der Waals surface area contributed by atoms with Crippen molar-refractivity contribution in [2.75, 3.05) is 60.3 Å². The van der Waals surface area contributed by atoms with Crippen LogP contribution in [0.25, 0.3) is 0 Å². The van der Waals surface area contributed by atoms with Crippen LogP contribution in [0.2, 0.25) is 0 Å². The quantitative estimate of drug-likeness (QED) is 0.114. The number of hydroxylamine groups is 1. The predicted molar refractivity (Wildman–Crippen MR) is 254 cm³/mol. The van der Waals surface area contributed by atoms with Gasteiger partial charge >= 0.3 is 6.09 Å². The van der Waals surface area contributed by atoms with E-state index in [2.05, 4.69) is 25.6 Å². The number of rotatable bonds is 15. The van der Waals surface area contributed by atoms with Gasteiger partial charge in [0.05, 0.1) is 112 Å². The Morgan fingerprint density at radius 3 is 2.36 bits per heavy atom. The molecule has 0 aromatic carbocycles. The molecule has 0 aromatic rings. The Bertz CT molecular complexity index is 1770. The second-order valence-corrected chi connectivity index (χ2v) is 22.4. The number of amides is 1. The van der Waals surface area contributed by atoms with Crippen LogP contribution in [-0.4, -0.2) is 190 Å². The van der Waals surface area contributed by atoms with Crippen LogP contribution in [0.15, 0.2) is 24.3 Å². The first-order valence-corrected chi connectivity index (χ1v) is 26.3. The maximum atomic E-state index is 14.4. The number of aliphatic hydroxyl groups is 2. The summed E-state index contributed by atoms with van der Waals surface area (Å²) in [6, 6.07) is 0. The molecule has 0 saturated carbocycles. The number of ketones is 1. The predicted octanol–water partition coefficient (Wildman–Crippen LogP) is 4.88. The number of Topliss-reactive ketones (excluding diaryl/α,β-unsaturated/α-hetero) is 1. The molecule has 18 atom stereocenters. The summed E-state index contributed by atoms with van der Waals surface area (Å²) in [5, 5.41) is 22.7. The van der Waals surface area contributed by atoms with Gasteiger partial charge in [-0.15, -0.1) is 0 Å². The van der Waals surface area contributed by atoms with Crippen LogP contribution in [0.4, 0.5) is 4.79 Å².